The van der Waals surface area contributed by atoms with E-state index in [-0.39, 0.29) is 6.04 Å². The van der Waals surface area contributed by atoms with Crippen LogP contribution in [0.3, 0.4) is 0 Å². The van der Waals surface area contributed by atoms with Crippen LogP contribution < -0.4 is 4.74 Å². The molecule has 0 radical (unpaired) electrons. The van der Waals surface area contributed by atoms with Gasteiger partial charge in [0.25, 0.3) is 0 Å². The minimum absolute atomic E-state index is 0.222. The summed E-state index contributed by atoms with van der Waals surface area (Å²) < 4.78 is 5.23. The summed E-state index contributed by atoms with van der Waals surface area (Å²) in [6, 6.07) is 6.23. The molecule has 1 aromatic carbocycles. The van der Waals surface area contributed by atoms with Gasteiger partial charge in [-0.15, -0.1) is 0 Å². The molecule has 0 aliphatic heterocycles. The fourth-order valence-corrected chi connectivity index (χ4v) is 2.57. The Hall–Kier alpha value is -1.06. The van der Waals surface area contributed by atoms with Crippen LogP contribution in [0.2, 0.25) is 0 Å². The fraction of sp³-hybridized carbons (Fsp3) is 0.571. The van der Waals surface area contributed by atoms with Crippen molar-refractivity contribution in [3.63, 3.8) is 0 Å². The molecule has 0 bridgehead atoms. The summed E-state index contributed by atoms with van der Waals surface area (Å²) in [4.78, 5) is 2.22. The highest BCUT2D eigenvalue weighted by atomic mass is 16.5. The van der Waals surface area contributed by atoms with Crippen molar-refractivity contribution >= 4 is 0 Å². The Morgan fingerprint density at radius 3 is 2.88 bits per heavy atom. The second kappa shape index (κ2) is 5.07. The Labute approximate surface area is 103 Å². The zero-order chi connectivity index (χ0) is 12.4. The van der Waals surface area contributed by atoms with Crippen LogP contribution in [-0.4, -0.2) is 36.8 Å². The molecule has 2 atom stereocenters. The molecule has 1 aliphatic carbocycles. The molecule has 0 spiro atoms. The lowest BCUT2D eigenvalue weighted by Crippen LogP contribution is -2.39. The first kappa shape index (κ1) is 12.4. The fourth-order valence-electron chi connectivity index (χ4n) is 2.57. The third-order valence-corrected chi connectivity index (χ3v) is 3.81. The number of nitrogens with zero attached hydrogens (tertiary/aromatic N) is 1. The van der Waals surface area contributed by atoms with Gasteiger partial charge in [-0.25, -0.2) is 0 Å². The van der Waals surface area contributed by atoms with Crippen molar-refractivity contribution in [1.29, 1.82) is 0 Å². The number of aliphatic hydroxyl groups excluding tert-OH is 1. The predicted molar refractivity (Wildman–Crippen MR) is 68.4 cm³/mol. The van der Waals surface area contributed by atoms with Crippen molar-refractivity contribution in [3.8, 4) is 5.75 Å². The summed E-state index contributed by atoms with van der Waals surface area (Å²) in [5.41, 5.74) is 2.28. The Balaban J connectivity index is 2.30. The molecule has 1 N–H and O–H groups in total. The summed E-state index contributed by atoms with van der Waals surface area (Å²) in [5, 5.41) is 10.4. The van der Waals surface area contributed by atoms with E-state index in [2.05, 4.69) is 24.9 Å². The van der Waals surface area contributed by atoms with Crippen molar-refractivity contribution in [2.75, 3.05) is 20.7 Å². The van der Waals surface area contributed by atoms with Gasteiger partial charge in [-0.2, -0.15) is 0 Å². The van der Waals surface area contributed by atoms with Gasteiger partial charge in [0.2, 0.25) is 0 Å². The number of methoxy groups -OCH3 is 1. The van der Waals surface area contributed by atoms with Crippen LogP contribution in [0.15, 0.2) is 18.2 Å². The van der Waals surface area contributed by atoms with E-state index in [0.717, 1.165) is 30.7 Å². The molecular weight excluding hydrogens is 214 g/mol. The highest BCUT2D eigenvalue weighted by Gasteiger charge is 2.30. The van der Waals surface area contributed by atoms with Crippen LogP contribution in [0.5, 0.6) is 5.75 Å². The van der Waals surface area contributed by atoms with Gasteiger partial charge in [-0.1, -0.05) is 13.0 Å². The van der Waals surface area contributed by atoms with Crippen LogP contribution in [0.25, 0.3) is 0 Å². The lowest BCUT2D eigenvalue weighted by molar-refractivity contribution is 0.0525. The molecule has 94 valence electrons. The number of hydrogen-bond donors (Lipinski definition) is 1. The molecular formula is C14H21NO2. The molecule has 0 fully saturated rings. The Kier molecular flexibility index (Phi) is 3.69. The van der Waals surface area contributed by atoms with Crippen LogP contribution in [0, 0.1) is 0 Å². The molecule has 3 nitrogen and oxygen atoms in total. The van der Waals surface area contributed by atoms with E-state index in [1.165, 1.54) is 5.56 Å². The number of benzene rings is 1. The maximum atomic E-state index is 10.4. The van der Waals surface area contributed by atoms with Crippen LogP contribution in [0.4, 0.5) is 0 Å². The monoisotopic (exact) mass is 235 g/mol. The maximum Gasteiger partial charge on any atom is 0.119 e. The predicted octanol–water partition coefficient (Wildman–Crippen LogP) is 2.00. The lowest BCUT2D eigenvalue weighted by Gasteiger charge is -2.36. The normalized spacial score (nSPS) is 23.6. The van der Waals surface area contributed by atoms with Crippen LogP contribution in [-0.2, 0) is 6.42 Å². The van der Waals surface area contributed by atoms with Gasteiger partial charge in [-0.05, 0) is 49.7 Å². The van der Waals surface area contributed by atoms with Crippen molar-refractivity contribution in [3.05, 3.63) is 29.3 Å². The standard InChI is InChI=1S/C14H21NO2/c1-4-15(2)13-8-6-10-5-7-11(17-3)9-12(10)14(13)16/h5,7,9,13-14,16H,4,6,8H2,1-3H3. The minimum atomic E-state index is -0.404. The van der Waals surface area contributed by atoms with Crippen molar-refractivity contribution < 1.29 is 9.84 Å². The zero-order valence-electron chi connectivity index (χ0n) is 10.8. The number of ether oxygens (including phenoxy) is 1. The summed E-state index contributed by atoms with van der Waals surface area (Å²) in [7, 11) is 3.73. The van der Waals surface area contributed by atoms with Crippen LogP contribution in [0.1, 0.15) is 30.6 Å². The van der Waals surface area contributed by atoms with E-state index in [0.29, 0.717) is 0 Å². The third kappa shape index (κ3) is 2.31. The number of likely N-dealkylation sites (N-methyl/N-ethyl adjacent to an activating group) is 1. The van der Waals surface area contributed by atoms with Crippen molar-refractivity contribution in [2.24, 2.45) is 0 Å². The second-order valence-corrected chi connectivity index (χ2v) is 4.69. The molecule has 0 saturated heterocycles. The summed E-state index contributed by atoms with van der Waals surface area (Å²) >= 11 is 0. The smallest absolute Gasteiger partial charge is 0.119 e. The summed E-state index contributed by atoms with van der Waals surface area (Å²) in [6.45, 7) is 3.08. The molecule has 0 amide bonds. The maximum absolute atomic E-state index is 10.4. The number of rotatable bonds is 3. The quantitative estimate of drug-likeness (QED) is 0.869. The van der Waals surface area contributed by atoms with Gasteiger partial charge in [0.05, 0.1) is 13.2 Å². The third-order valence-electron chi connectivity index (χ3n) is 3.81. The van der Waals surface area contributed by atoms with E-state index >= 15 is 0 Å². The van der Waals surface area contributed by atoms with Crippen molar-refractivity contribution in [1.82, 2.24) is 4.90 Å². The Bertz CT molecular complexity index is 392. The van der Waals surface area contributed by atoms with Gasteiger partial charge in [0, 0.05) is 6.04 Å². The summed E-state index contributed by atoms with van der Waals surface area (Å²) in [6.07, 6.45) is 1.65. The van der Waals surface area contributed by atoms with Gasteiger partial charge >= 0.3 is 0 Å². The molecule has 1 aromatic rings. The van der Waals surface area contributed by atoms with Gasteiger partial charge in [0.1, 0.15) is 5.75 Å². The molecule has 2 unspecified atom stereocenters. The average Bonchev–Trinajstić information content (AvgIpc) is 2.38. The molecule has 17 heavy (non-hydrogen) atoms. The molecule has 1 aliphatic rings. The van der Waals surface area contributed by atoms with Gasteiger partial charge in [0.15, 0.2) is 0 Å². The van der Waals surface area contributed by atoms with E-state index in [1.54, 1.807) is 7.11 Å². The van der Waals surface area contributed by atoms with E-state index in [9.17, 15) is 5.11 Å². The second-order valence-electron chi connectivity index (χ2n) is 4.69. The van der Waals surface area contributed by atoms with Gasteiger partial charge in [-0.3, -0.25) is 0 Å². The Morgan fingerprint density at radius 1 is 1.47 bits per heavy atom. The van der Waals surface area contributed by atoms with Crippen LogP contribution >= 0.6 is 0 Å². The molecule has 0 aromatic heterocycles. The van der Waals surface area contributed by atoms with E-state index < -0.39 is 6.10 Å². The lowest BCUT2D eigenvalue weighted by atomic mass is 9.85. The zero-order valence-corrected chi connectivity index (χ0v) is 10.8. The number of hydrogen-bond acceptors (Lipinski definition) is 3. The summed E-state index contributed by atoms with van der Waals surface area (Å²) in [5.74, 6) is 0.822. The molecule has 0 heterocycles. The van der Waals surface area contributed by atoms with E-state index in [4.69, 9.17) is 4.74 Å². The first-order chi connectivity index (χ1) is 8.17. The average molecular weight is 235 g/mol. The number of aryl methyl sites for hydroxylation is 1. The first-order valence-corrected chi connectivity index (χ1v) is 6.22. The number of fused-ring (bicyclic) bond motifs is 1. The van der Waals surface area contributed by atoms with E-state index in [1.807, 2.05) is 12.1 Å². The topological polar surface area (TPSA) is 32.7 Å². The Morgan fingerprint density at radius 2 is 2.24 bits per heavy atom. The highest BCUT2D eigenvalue weighted by molar-refractivity contribution is 5.39. The molecule has 2 rings (SSSR count). The van der Waals surface area contributed by atoms with Crippen molar-refractivity contribution in [2.45, 2.75) is 31.9 Å². The number of aliphatic hydroxyl groups is 1. The largest absolute Gasteiger partial charge is 0.497 e. The highest BCUT2D eigenvalue weighted by Crippen LogP contribution is 2.34. The van der Waals surface area contributed by atoms with Gasteiger partial charge < -0.3 is 14.7 Å². The molecule has 0 saturated carbocycles. The minimum Gasteiger partial charge on any atom is -0.497 e. The first-order valence-electron chi connectivity index (χ1n) is 6.22. The molecule has 3 heteroatoms. The SMILES string of the molecule is CCN(C)C1CCc2ccc(OC)cc2C1O.